The van der Waals surface area contributed by atoms with Crippen LogP contribution >= 0.6 is 0 Å². The predicted molar refractivity (Wildman–Crippen MR) is 113 cm³/mol. The molecule has 28 heavy (non-hydrogen) atoms. The Labute approximate surface area is 165 Å². The summed E-state index contributed by atoms with van der Waals surface area (Å²) in [7, 11) is -3.29. The number of aryl methyl sites for hydroxylation is 1. The van der Waals surface area contributed by atoms with Gasteiger partial charge in [-0.05, 0) is 66.4 Å². The van der Waals surface area contributed by atoms with Crippen LogP contribution in [-0.2, 0) is 16.4 Å². The van der Waals surface area contributed by atoms with Crippen LogP contribution in [0.3, 0.4) is 0 Å². The monoisotopic (exact) mass is 394 g/mol. The fourth-order valence-corrected chi connectivity index (χ4v) is 4.82. The number of nitrogens with zero attached hydrogens (tertiary/aromatic N) is 1. The number of amides is 1. The van der Waals surface area contributed by atoms with Gasteiger partial charge in [0.15, 0.2) is 0 Å². The van der Waals surface area contributed by atoms with Crippen molar-refractivity contribution in [1.82, 2.24) is 0 Å². The van der Waals surface area contributed by atoms with Gasteiger partial charge in [0.1, 0.15) is 0 Å². The first kappa shape index (κ1) is 18.5. The third-order valence-electron chi connectivity index (χ3n) is 5.13. The van der Waals surface area contributed by atoms with Crippen molar-refractivity contribution in [2.45, 2.75) is 19.8 Å². The minimum absolute atomic E-state index is 0.0763. The molecule has 1 aliphatic rings. The Balaban J connectivity index is 1.59. The number of hydrogen-bond acceptors (Lipinski definition) is 3. The van der Waals surface area contributed by atoms with Gasteiger partial charge in [0.05, 0.1) is 11.4 Å². The second-order valence-electron chi connectivity index (χ2n) is 6.94. The highest BCUT2D eigenvalue weighted by Gasteiger charge is 2.26. The van der Waals surface area contributed by atoms with Crippen molar-refractivity contribution in [3.63, 3.8) is 0 Å². The number of anilines is 2. The molecule has 0 unspecified atom stereocenters. The maximum atomic E-state index is 12.7. The molecule has 0 aliphatic carbocycles. The van der Waals surface area contributed by atoms with Crippen LogP contribution in [0.5, 0.6) is 0 Å². The van der Waals surface area contributed by atoms with E-state index in [0.717, 1.165) is 34.9 Å². The van der Waals surface area contributed by atoms with Crippen molar-refractivity contribution in [3.8, 4) is 0 Å². The molecule has 5 nitrogen and oxygen atoms in total. The fraction of sp³-hybridized carbons (Fsp3) is 0.227. The first-order valence-corrected chi connectivity index (χ1v) is 11.0. The summed E-state index contributed by atoms with van der Waals surface area (Å²) in [4.78, 5) is 12.7. The van der Waals surface area contributed by atoms with E-state index in [-0.39, 0.29) is 11.7 Å². The lowest BCUT2D eigenvalue weighted by Gasteiger charge is -2.30. The molecular formula is C22H22N2O3S. The summed E-state index contributed by atoms with van der Waals surface area (Å²) in [5, 5.41) is 5.04. The lowest BCUT2D eigenvalue weighted by Crippen LogP contribution is -2.36. The highest BCUT2D eigenvalue weighted by molar-refractivity contribution is 7.92. The standard InChI is InChI=1S/C22H22N2O3S/c1-2-28(26,27)24-13-5-8-18-15-20(11-12-21(18)24)23-22(25)19-10-9-16-6-3-4-7-17(16)14-19/h3-4,6-7,9-12,14-15H,2,5,8,13H2,1H3,(H,23,25). The highest BCUT2D eigenvalue weighted by Crippen LogP contribution is 2.32. The molecule has 0 fully saturated rings. The van der Waals surface area contributed by atoms with Gasteiger partial charge in [-0.2, -0.15) is 0 Å². The van der Waals surface area contributed by atoms with Crippen LogP contribution in [0.15, 0.2) is 60.7 Å². The third kappa shape index (κ3) is 3.47. The van der Waals surface area contributed by atoms with E-state index in [1.165, 1.54) is 4.31 Å². The minimum atomic E-state index is -3.29. The molecule has 0 atom stereocenters. The van der Waals surface area contributed by atoms with E-state index in [1.807, 2.05) is 48.5 Å². The molecular weight excluding hydrogens is 372 g/mol. The quantitative estimate of drug-likeness (QED) is 0.721. The van der Waals surface area contributed by atoms with Crippen LogP contribution in [0.1, 0.15) is 29.3 Å². The molecule has 144 valence electrons. The maximum Gasteiger partial charge on any atom is 0.255 e. The van der Waals surface area contributed by atoms with Gasteiger partial charge in [0.25, 0.3) is 5.91 Å². The Morgan fingerprint density at radius 3 is 2.61 bits per heavy atom. The molecule has 0 radical (unpaired) electrons. The molecule has 6 heteroatoms. The number of carbonyl (C=O) groups is 1. The Morgan fingerprint density at radius 1 is 1.04 bits per heavy atom. The Hall–Kier alpha value is -2.86. The highest BCUT2D eigenvalue weighted by atomic mass is 32.2. The summed E-state index contributed by atoms with van der Waals surface area (Å²) in [5.41, 5.74) is 2.93. The van der Waals surface area contributed by atoms with Gasteiger partial charge in [0.2, 0.25) is 10.0 Å². The normalized spacial score (nSPS) is 14.0. The molecule has 1 N–H and O–H groups in total. The summed E-state index contributed by atoms with van der Waals surface area (Å²) in [6, 6.07) is 19.0. The van der Waals surface area contributed by atoms with E-state index in [0.29, 0.717) is 17.8 Å². The van der Waals surface area contributed by atoms with Crippen LogP contribution < -0.4 is 9.62 Å². The van der Waals surface area contributed by atoms with Gasteiger partial charge < -0.3 is 5.32 Å². The van der Waals surface area contributed by atoms with Gasteiger partial charge in [-0.3, -0.25) is 9.10 Å². The lowest BCUT2D eigenvalue weighted by molar-refractivity contribution is 0.102. The van der Waals surface area contributed by atoms with Crippen LogP contribution in [0, 0.1) is 0 Å². The van der Waals surface area contributed by atoms with Crippen molar-refractivity contribution in [1.29, 1.82) is 0 Å². The molecule has 0 saturated carbocycles. The Kier molecular flexibility index (Phi) is 4.81. The smallest absolute Gasteiger partial charge is 0.255 e. The van der Waals surface area contributed by atoms with Gasteiger partial charge >= 0.3 is 0 Å². The first-order chi connectivity index (χ1) is 13.5. The van der Waals surface area contributed by atoms with Crippen molar-refractivity contribution in [2.24, 2.45) is 0 Å². The van der Waals surface area contributed by atoms with E-state index >= 15 is 0 Å². The van der Waals surface area contributed by atoms with Crippen molar-refractivity contribution >= 4 is 38.1 Å². The number of carbonyl (C=O) groups excluding carboxylic acids is 1. The molecule has 0 bridgehead atoms. The molecule has 0 spiro atoms. The zero-order valence-corrected chi connectivity index (χ0v) is 16.5. The zero-order valence-electron chi connectivity index (χ0n) is 15.7. The van der Waals surface area contributed by atoms with Crippen molar-refractivity contribution in [3.05, 3.63) is 71.8 Å². The second kappa shape index (κ2) is 7.28. The lowest BCUT2D eigenvalue weighted by atomic mass is 10.0. The largest absolute Gasteiger partial charge is 0.322 e. The van der Waals surface area contributed by atoms with Crippen LogP contribution in [-0.4, -0.2) is 26.6 Å². The average Bonchev–Trinajstić information content (AvgIpc) is 2.72. The SMILES string of the molecule is CCS(=O)(=O)N1CCCc2cc(NC(=O)c3ccc4ccccc4c3)ccc21. The number of rotatable bonds is 4. The second-order valence-corrected chi connectivity index (χ2v) is 9.12. The first-order valence-electron chi connectivity index (χ1n) is 9.41. The van der Waals surface area contributed by atoms with Gasteiger partial charge in [-0.25, -0.2) is 8.42 Å². The molecule has 0 aromatic heterocycles. The van der Waals surface area contributed by atoms with E-state index < -0.39 is 10.0 Å². The molecule has 1 amide bonds. The molecule has 4 rings (SSSR count). The van der Waals surface area contributed by atoms with Gasteiger partial charge in [0, 0.05) is 17.8 Å². The minimum Gasteiger partial charge on any atom is -0.322 e. The molecule has 3 aromatic rings. The zero-order chi connectivity index (χ0) is 19.7. The van der Waals surface area contributed by atoms with Gasteiger partial charge in [-0.15, -0.1) is 0 Å². The average molecular weight is 394 g/mol. The van der Waals surface area contributed by atoms with Crippen molar-refractivity contribution < 1.29 is 13.2 Å². The number of sulfonamides is 1. The van der Waals surface area contributed by atoms with E-state index in [4.69, 9.17) is 0 Å². The van der Waals surface area contributed by atoms with Gasteiger partial charge in [-0.1, -0.05) is 30.3 Å². The van der Waals surface area contributed by atoms with Crippen molar-refractivity contribution in [2.75, 3.05) is 21.9 Å². The maximum absolute atomic E-state index is 12.7. The summed E-state index contributed by atoms with van der Waals surface area (Å²) < 4.78 is 26.1. The number of benzene rings is 3. The summed E-state index contributed by atoms with van der Waals surface area (Å²) in [5.74, 6) is -0.105. The number of fused-ring (bicyclic) bond motifs is 2. The topological polar surface area (TPSA) is 66.5 Å². The summed E-state index contributed by atoms with van der Waals surface area (Å²) in [6.45, 7) is 2.16. The predicted octanol–water partition coefficient (Wildman–Crippen LogP) is 4.19. The molecule has 0 saturated heterocycles. The number of hydrogen-bond donors (Lipinski definition) is 1. The number of nitrogens with one attached hydrogen (secondary N) is 1. The molecule has 1 heterocycles. The third-order valence-corrected chi connectivity index (χ3v) is 6.91. The molecule has 3 aromatic carbocycles. The fourth-order valence-electron chi connectivity index (χ4n) is 3.62. The van der Waals surface area contributed by atoms with E-state index in [9.17, 15) is 13.2 Å². The van der Waals surface area contributed by atoms with E-state index in [1.54, 1.807) is 19.1 Å². The summed E-state index contributed by atoms with van der Waals surface area (Å²) in [6.07, 6.45) is 1.57. The van der Waals surface area contributed by atoms with E-state index in [2.05, 4.69) is 5.32 Å². The van der Waals surface area contributed by atoms with Crippen LogP contribution in [0.2, 0.25) is 0 Å². The Morgan fingerprint density at radius 2 is 1.82 bits per heavy atom. The van der Waals surface area contributed by atoms with Crippen LogP contribution in [0.4, 0.5) is 11.4 Å². The Bertz CT molecular complexity index is 1160. The van der Waals surface area contributed by atoms with Crippen LogP contribution in [0.25, 0.3) is 10.8 Å². The molecule has 1 aliphatic heterocycles. The summed E-state index contributed by atoms with van der Waals surface area (Å²) >= 11 is 0.